The molecule has 7 nitrogen and oxygen atoms in total. The highest BCUT2D eigenvalue weighted by molar-refractivity contribution is 7.92. The van der Waals surface area contributed by atoms with Crippen LogP contribution in [0.5, 0.6) is 0 Å². The zero-order valence-electron chi connectivity index (χ0n) is 18.6. The molecule has 0 spiro atoms. The first-order chi connectivity index (χ1) is 15.1. The number of benzene rings is 2. The van der Waals surface area contributed by atoms with Crippen LogP contribution in [0.4, 0.5) is 10.1 Å². The van der Waals surface area contributed by atoms with Crippen LogP contribution in [0.1, 0.15) is 32.3 Å². The smallest absolute Gasteiger partial charge is 0.242 e. The number of nitrogens with zero attached hydrogens (tertiary/aromatic N) is 2. The van der Waals surface area contributed by atoms with Crippen molar-refractivity contribution in [2.24, 2.45) is 0 Å². The van der Waals surface area contributed by atoms with E-state index in [9.17, 15) is 22.4 Å². The average Bonchev–Trinajstić information content (AvgIpc) is 2.75. The van der Waals surface area contributed by atoms with Crippen molar-refractivity contribution < 1.29 is 22.4 Å². The van der Waals surface area contributed by atoms with Gasteiger partial charge in [0.2, 0.25) is 21.8 Å². The maximum Gasteiger partial charge on any atom is 0.242 e. The second kappa shape index (κ2) is 11.6. The third kappa shape index (κ3) is 7.05. The van der Waals surface area contributed by atoms with Crippen LogP contribution in [-0.2, 0) is 26.2 Å². The van der Waals surface area contributed by atoms with Crippen molar-refractivity contribution in [2.45, 2.75) is 39.3 Å². The van der Waals surface area contributed by atoms with Crippen molar-refractivity contribution >= 4 is 27.5 Å². The third-order valence-electron chi connectivity index (χ3n) is 5.01. The second-order valence-electron chi connectivity index (χ2n) is 7.46. The molecule has 2 rings (SSSR count). The van der Waals surface area contributed by atoms with Gasteiger partial charge in [0, 0.05) is 31.6 Å². The van der Waals surface area contributed by atoms with E-state index in [1.54, 1.807) is 62.4 Å². The molecule has 2 amide bonds. The van der Waals surface area contributed by atoms with E-state index >= 15 is 0 Å². The number of carbonyl (C=O) groups is 2. The van der Waals surface area contributed by atoms with Gasteiger partial charge in [-0.15, -0.1) is 0 Å². The number of hydrogen-bond acceptors (Lipinski definition) is 4. The van der Waals surface area contributed by atoms with Crippen molar-refractivity contribution in [3.8, 4) is 0 Å². The van der Waals surface area contributed by atoms with Crippen molar-refractivity contribution in [3.63, 3.8) is 0 Å². The van der Waals surface area contributed by atoms with Gasteiger partial charge in [-0.25, -0.2) is 12.8 Å². The topological polar surface area (TPSA) is 86.8 Å². The summed E-state index contributed by atoms with van der Waals surface area (Å²) in [4.78, 5) is 26.7. The summed E-state index contributed by atoms with van der Waals surface area (Å²) in [6.45, 7) is 3.83. The molecule has 1 atom stereocenters. The number of para-hydroxylation sites is 1. The van der Waals surface area contributed by atoms with Gasteiger partial charge in [-0.05, 0) is 38.5 Å². The van der Waals surface area contributed by atoms with E-state index in [4.69, 9.17) is 0 Å². The summed E-state index contributed by atoms with van der Waals surface area (Å²) < 4.78 is 39.9. The lowest BCUT2D eigenvalue weighted by molar-refractivity contribution is -0.140. The van der Waals surface area contributed by atoms with Crippen molar-refractivity contribution in [3.05, 3.63) is 66.0 Å². The predicted molar refractivity (Wildman–Crippen MR) is 123 cm³/mol. The molecule has 0 aliphatic carbocycles. The molecule has 2 aromatic carbocycles. The van der Waals surface area contributed by atoms with Crippen molar-refractivity contribution in [1.82, 2.24) is 10.2 Å². The van der Waals surface area contributed by atoms with E-state index < -0.39 is 21.9 Å². The SMILES string of the molecule is CCNC(=O)[C@H](C)N(Cc1ccccc1F)C(=O)CCCN(c1ccccc1)S(C)(=O)=O. The Labute approximate surface area is 189 Å². The van der Waals surface area contributed by atoms with Crippen LogP contribution in [0.3, 0.4) is 0 Å². The monoisotopic (exact) mass is 463 g/mol. The molecule has 1 N–H and O–H groups in total. The van der Waals surface area contributed by atoms with Gasteiger partial charge in [-0.1, -0.05) is 36.4 Å². The van der Waals surface area contributed by atoms with Gasteiger partial charge in [0.1, 0.15) is 11.9 Å². The second-order valence-corrected chi connectivity index (χ2v) is 9.36. The molecule has 32 heavy (non-hydrogen) atoms. The Bertz CT molecular complexity index is 1010. The normalized spacial score (nSPS) is 12.1. The number of amides is 2. The summed E-state index contributed by atoms with van der Waals surface area (Å²) in [6, 6.07) is 13.9. The molecular formula is C23H30FN3O4S. The maximum atomic E-state index is 14.2. The van der Waals surface area contributed by atoms with Gasteiger partial charge < -0.3 is 10.2 Å². The minimum atomic E-state index is -3.53. The molecule has 0 fully saturated rings. The van der Waals surface area contributed by atoms with Gasteiger partial charge in [0.15, 0.2) is 0 Å². The standard InChI is InChI=1S/C23H30FN3O4S/c1-4-25-23(29)18(2)26(17-19-11-8-9-14-21(19)24)22(28)15-10-16-27(32(3,30)31)20-12-6-5-7-13-20/h5-9,11-14,18H,4,10,15-17H2,1-3H3,(H,25,29)/t18-/m0/s1. The average molecular weight is 464 g/mol. The van der Waals surface area contributed by atoms with Crippen LogP contribution >= 0.6 is 0 Å². The van der Waals surface area contributed by atoms with Crippen molar-refractivity contribution in [1.29, 1.82) is 0 Å². The van der Waals surface area contributed by atoms with E-state index in [1.807, 2.05) is 0 Å². The fourth-order valence-corrected chi connectivity index (χ4v) is 4.28. The zero-order valence-corrected chi connectivity index (χ0v) is 19.4. The number of nitrogens with one attached hydrogen (secondary N) is 1. The largest absolute Gasteiger partial charge is 0.355 e. The van der Waals surface area contributed by atoms with Crippen molar-refractivity contribution in [2.75, 3.05) is 23.7 Å². The lowest BCUT2D eigenvalue weighted by Crippen LogP contribution is -2.47. The highest BCUT2D eigenvalue weighted by atomic mass is 32.2. The van der Waals surface area contributed by atoms with Crippen LogP contribution in [0, 0.1) is 5.82 Å². The highest BCUT2D eigenvalue weighted by Crippen LogP contribution is 2.19. The van der Waals surface area contributed by atoms with Gasteiger partial charge in [0.05, 0.1) is 11.9 Å². The zero-order chi connectivity index (χ0) is 23.7. The number of likely N-dealkylation sites (N-methyl/N-ethyl adjacent to an activating group) is 1. The summed E-state index contributed by atoms with van der Waals surface area (Å²) in [5.41, 5.74) is 0.820. The lowest BCUT2D eigenvalue weighted by Gasteiger charge is -2.29. The first-order valence-corrected chi connectivity index (χ1v) is 12.3. The molecule has 174 valence electrons. The maximum absolute atomic E-state index is 14.2. The molecule has 2 aromatic rings. The number of anilines is 1. The number of sulfonamides is 1. The lowest BCUT2D eigenvalue weighted by atomic mass is 10.1. The number of hydrogen-bond donors (Lipinski definition) is 1. The Balaban J connectivity index is 2.14. The van der Waals surface area contributed by atoms with Crippen LogP contribution in [0.2, 0.25) is 0 Å². The molecule has 0 heterocycles. The van der Waals surface area contributed by atoms with Crippen LogP contribution in [-0.4, -0.2) is 50.5 Å². The molecule has 0 saturated carbocycles. The van der Waals surface area contributed by atoms with Gasteiger partial charge in [0.25, 0.3) is 0 Å². The molecule has 0 unspecified atom stereocenters. The molecule has 0 aromatic heterocycles. The molecule has 0 aliphatic heterocycles. The molecule has 0 bridgehead atoms. The van der Waals surface area contributed by atoms with E-state index in [2.05, 4.69) is 5.32 Å². The van der Waals surface area contributed by atoms with E-state index in [0.29, 0.717) is 17.8 Å². The Kier molecular flexibility index (Phi) is 9.19. The number of rotatable bonds is 11. The van der Waals surface area contributed by atoms with E-state index in [1.165, 1.54) is 15.3 Å². The number of halogens is 1. The van der Waals surface area contributed by atoms with Gasteiger partial charge in [-0.3, -0.25) is 13.9 Å². The summed E-state index contributed by atoms with van der Waals surface area (Å²) >= 11 is 0. The molecule has 9 heteroatoms. The quantitative estimate of drug-likeness (QED) is 0.555. The molecular weight excluding hydrogens is 433 g/mol. The Hall–Kier alpha value is -2.94. The minimum Gasteiger partial charge on any atom is -0.355 e. The van der Waals surface area contributed by atoms with Crippen LogP contribution < -0.4 is 9.62 Å². The number of carbonyl (C=O) groups excluding carboxylic acids is 2. The van der Waals surface area contributed by atoms with Crippen LogP contribution in [0.15, 0.2) is 54.6 Å². The fourth-order valence-electron chi connectivity index (χ4n) is 3.31. The van der Waals surface area contributed by atoms with Crippen LogP contribution in [0.25, 0.3) is 0 Å². The summed E-state index contributed by atoms with van der Waals surface area (Å²) in [7, 11) is -3.53. The molecule has 0 saturated heterocycles. The van der Waals surface area contributed by atoms with Gasteiger partial charge >= 0.3 is 0 Å². The highest BCUT2D eigenvalue weighted by Gasteiger charge is 2.27. The summed E-state index contributed by atoms with van der Waals surface area (Å²) in [5.74, 6) is -1.14. The predicted octanol–water partition coefficient (Wildman–Crippen LogP) is 2.93. The first-order valence-electron chi connectivity index (χ1n) is 10.5. The Morgan fingerprint density at radius 2 is 1.69 bits per heavy atom. The Morgan fingerprint density at radius 1 is 1.06 bits per heavy atom. The summed E-state index contributed by atoms with van der Waals surface area (Å²) in [6.07, 6.45) is 1.37. The fraction of sp³-hybridized carbons (Fsp3) is 0.391. The van der Waals surface area contributed by atoms with E-state index in [0.717, 1.165) is 6.26 Å². The minimum absolute atomic E-state index is 0.0110. The van der Waals surface area contributed by atoms with E-state index in [-0.39, 0.29) is 37.7 Å². The summed E-state index contributed by atoms with van der Waals surface area (Å²) in [5, 5.41) is 2.68. The first kappa shape index (κ1) is 25.3. The Morgan fingerprint density at radius 3 is 2.28 bits per heavy atom. The molecule has 0 radical (unpaired) electrons. The van der Waals surface area contributed by atoms with Gasteiger partial charge in [-0.2, -0.15) is 0 Å². The molecule has 0 aliphatic rings. The third-order valence-corrected chi connectivity index (χ3v) is 6.21.